The van der Waals surface area contributed by atoms with Crippen molar-refractivity contribution in [3.63, 3.8) is 0 Å². The summed E-state index contributed by atoms with van der Waals surface area (Å²) in [4.78, 5) is 16.0. The number of piperidine rings is 1. The summed E-state index contributed by atoms with van der Waals surface area (Å²) in [5.41, 5.74) is 0. The van der Waals surface area contributed by atoms with Gasteiger partial charge in [0.25, 0.3) is 0 Å². The Bertz CT molecular complexity index is 210. The van der Waals surface area contributed by atoms with Crippen LogP contribution in [0.1, 0.15) is 19.3 Å². The molecule has 2 amide bonds. The van der Waals surface area contributed by atoms with Crippen molar-refractivity contribution in [2.75, 3.05) is 53.6 Å². The molecule has 0 aromatic rings. The van der Waals surface area contributed by atoms with Crippen LogP contribution in [0.25, 0.3) is 0 Å². The van der Waals surface area contributed by atoms with E-state index in [1.165, 1.54) is 6.42 Å². The standard InChI is InChI=1S/C12H24N2O3/c1-16-10-8-14(9-11-17-2)12(15)13-6-4-3-5-7-13/h3-11H2,1-2H3. The number of ether oxygens (including phenoxy) is 2. The van der Waals surface area contributed by atoms with E-state index in [1.807, 2.05) is 9.80 Å². The quantitative estimate of drug-likeness (QED) is 0.705. The summed E-state index contributed by atoms with van der Waals surface area (Å²) in [5.74, 6) is 0. The molecule has 0 radical (unpaired) electrons. The lowest BCUT2D eigenvalue weighted by atomic mass is 10.1. The normalized spacial score (nSPS) is 16.0. The van der Waals surface area contributed by atoms with Gasteiger partial charge in [-0.15, -0.1) is 0 Å². The van der Waals surface area contributed by atoms with E-state index in [4.69, 9.17) is 9.47 Å². The largest absolute Gasteiger partial charge is 0.383 e. The number of carbonyl (C=O) groups is 1. The summed E-state index contributed by atoms with van der Waals surface area (Å²) in [6.07, 6.45) is 3.47. The first-order chi connectivity index (χ1) is 8.29. The number of nitrogens with zero attached hydrogens (tertiary/aromatic N) is 2. The van der Waals surface area contributed by atoms with Crippen LogP contribution in [0.5, 0.6) is 0 Å². The molecule has 5 heteroatoms. The van der Waals surface area contributed by atoms with Gasteiger partial charge in [0, 0.05) is 40.4 Å². The van der Waals surface area contributed by atoms with Gasteiger partial charge in [-0.3, -0.25) is 0 Å². The summed E-state index contributed by atoms with van der Waals surface area (Å²) in [6.45, 7) is 4.18. The minimum atomic E-state index is 0.124. The molecule has 0 unspecified atom stereocenters. The molecular weight excluding hydrogens is 220 g/mol. The van der Waals surface area contributed by atoms with Gasteiger partial charge in [-0.25, -0.2) is 4.79 Å². The van der Waals surface area contributed by atoms with E-state index in [1.54, 1.807) is 14.2 Å². The molecule has 0 aliphatic carbocycles. The third-order valence-electron chi connectivity index (χ3n) is 3.03. The SMILES string of the molecule is COCCN(CCOC)C(=O)N1CCCCC1. The number of likely N-dealkylation sites (tertiary alicyclic amines) is 1. The molecule has 0 bridgehead atoms. The zero-order valence-corrected chi connectivity index (χ0v) is 11.0. The molecule has 0 aromatic carbocycles. The maximum Gasteiger partial charge on any atom is 0.320 e. The highest BCUT2D eigenvalue weighted by Crippen LogP contribution is 2.11. The number of rotatable bonds is 6. The summed E-state index contributed by atoms with van der Waals surface area (Å²) in [5, 5.41) is 0. The first-order valence-corrected chi connectivity index (χ1v) is 6.31. The van der Waals surface area contributed by atoms with Gasteiger partial charge in [0.05, 0.1) is 13.2 Å². The van der Waals surface area contributed by atoms with Gasteiger partial charge in [-0.05, 0) is 19.3 Å². The van der Waals surface area contributed by atoms with E-state index < -0.39 is 0 Å². The smallest absolute Gasteiger partial charge is 0.320 e. The van der Waals surface area contributed by atoms with Crippen LogP contribution in [-0.2, 0) is 9.47 Å². The Hall–Kier alpha value is -0.810. The lowest BCUT2D eigenvalue weighted by Crippen LogP contribution is -2.47. The van der Waals surface area contributed by atoms with E-state index in [-0.39, 0.29) is 6.03 Å². The molecule has 5 nitrogen and oxygen atoms in total. The van der Waals surface area contributed by atoms with Crippen molar-refractivity contribution in [2.24, 2.45) is 0 Å². The average molecular weight is 244 g/mol. The number of hydrogen-bond acceptors (Lipinski definition) is 3. The Morgan fingerprint density at radius 1 is 1.06 bits per heavy atom. The van der Waals surface area contributed by atoms with E-state index >= 15 is 0 Å². The van der Waals surface area contributed by atoms with Crippen molar-refractivity contribution in [1.29, 1.82) is 0 Å². The zero-order valence-electron chi connectivity index (χ0n) is 11.0. The fraction of sp³-hybridized carbons (Fsp3) is 0.917. The van der Waals surface area contributed by atoms with Crippen molar-refractivity contribution in [3.05, 3.63) is 0 Å². The van der Waals surface area contributed by atoms with Crippen molar-refractivity contribution in [3.8, 4) is 0 Å². The molecule has 0 N–H and O–H groups in total. The predicted octanol–water partition coefficient (Wildman–Crippen LogP) is 1.19. The van der Waals surface area contributed by atoms with Crippen LogP contribution in [-0.4, -0.2) is 69.4 Å². The van der Waals surface area contributed by atoms with E-state index in [9.17, 15) is 4.79 Å². The van der Waals surface area contributed by atoms with Crippen molar-refractivity contribution >= 4 is 6.03 Å². The molecule has 1 saturated heterocycles. The second kappa shape index (κ2) is 8.31. The number of carbonyl (C=O) groups excluding carboxylic acids is 1. The first-order valence-electron chi connectivity index (χ1n) is 6.31. The lowest BCUT2D eigenvalue weighted by molar-refractivity contribution is 0.0996. The average Bonchev–Trinajstić information content (AvgIpc) is 2.39. The molecule has 17 heavy (non-hydrogen) atoms. The molecule has 1 aliphatic heterocycles. The Balaban J connectivity index is 2.44. The topological polar surface area (TPSA) is 42.0 Å². The van der Waals surface area contributed by atoms with Crippen LogP contribution in [0.15, 0.2) is 0 Å². The molecule has 1 fully saturated rings. The fourth-order valence-corrected chi connectivity index (χ4v) is 1.99. The Kier molecular flexibility index (Phi) is 6.96. The molecule has 1 aliphatic rings. The fourth-order valence-electron chi connectivity index (χ4n) is 1.99. The maximum atomic E-state index is 12.3. The van der Waals surface area contributed by atoms with Crippen molar-refractivity contribution in [1.82, 2.24) is 9.80 Å². The summed E-state index contributed by atoms with van der Waals surface area (Å²) < 4.78 is 10.1. The predicted molar refractivity (Wildman–Crippen MR) is 66.1 cm³/mol. The van der Waals surface area contributed by atoms with Crippen LogP contribution in [0.2, 0.25) is 0 Å². The van der Waals surface area contributed by atoms with Gasteiger partial charge in [-0.1, -0.05) is 0 Å². The highest BCUT2D eigenvalue weighted by molar-refractivity contribution is 5.74. The number of methoxy groups -OCH3 is 2. The van der Waals surface area contributed by atoms with Crippen molar-refractivity contribution < 1.29 is 14.3 Å². The van der Waals surface area contributed by atoms with E-state index in [0.29, 0.717) is 26.3 Å². The second-order valence-corrected chi connectivity index (χ2v) is 4.30. The minimum Gasteiger partial charge on any atom is -0.383 e. The van der Waals surface area contributed by atoms with Gasteiger partial charge in [0.2, 0.25) is 0 Å². The Morgan fingerprint density at radius 3 is 2.06 bits per heavy atom. The first kappa shape index (κ1) is 14.3. The molecule has 0 atom stereocenters. The number of urea groups is 1. The molecule has 1 heterocycles. The molecular formula is C12H24N2O3. The van der Waals surface area contributed by atoms with Crippen LogP contribution in [0.3, 0.4) is 0 Å². The minimum absolute atomic E-state index is 0.124. The van der Waals surface area contributed by atoms with Gasteiger partial charge < -0.3 is 19.3 Å². The van der Waals surface area contributed by atoms with Gasteiger partial charge in [-0.2, -0.15) is 0 Å². The van der Waals surface area contributed by atoms with Crippen LogP contribution in [0, 0.1) is 0 Å². The second-order valence-electron chi connectivity index (χ2n) is 4.30. The third kappa shape index (κ3) is 4.91. The highest BCUT2D eigenvalue weighted by atomic mass is 16.5. The van der Waals surface area contributed by atoms with Crippen LogP contribution < -0.4 is 0 Å². The van der Waals surface area contributed by atoms with Crippen molar-refractivity contribution in [2.45, 2.75) is 19.3 Å². The number of hydrogen-bond donors (Lipinski definition) is 0. The summed E-state index contributed by atoms with van der Waals surface area (Å²) in [6, 6.07) is 0.124. The highest BCUT2D eigenvalue weighted by Gasteiger charge is 2.21. The maximum absolute atomic E-state index is 12.3. The van der Waals surface area contributed by atoms with E-state index in [0.717, 1.165) is 25.9 Å². The molecule has 0 aromatic heterocycles. The number of amides is 2. The van der Waals surface area contributed by atoms with Gasteiger partial charge >= 0.3 is 6.03 Å². The molecule has 0 saturated carbocycles. The summed E-state index contributed by atoms with van der Waals surface area (Å²) >= 11 is 0. The molecule has 0 spiro atoms. The van der Waals surface area contributed by atoms with Gasteiger partial charge in [0.15, 0.2) is 0 Å². The molecule has 1 rings (SSSR count). The molecule has 100 valence electrons. The summed E-state index contributed by atoms with van der Waals surface area (Å²) in [7, 11) is 3.31. The Labute approximate surface area is 104 Å². The Morgan fingerprint density at radius 2 is 1.59 bits per heavy atom. The monoisotopic (exact) mass is 244 g/mol. The van der Waals surface area contributed by atoms with E-state index in [2.05, 4.69) is 0 Å². The third-order valence-corrected chi connectivity index (χ3v) is 3.03. The van der Waals surface area contributed by atoms with Gasteiger partial charge in [0.1, 0.15) is 0 Å². The lowest BCUT2D eigenvalue weighted by Gasteiger charge is -2.32. The zero-order chi connectivity index (χ0) is 12.5. The van der Waals surface area contributed by atoms with Crippen LogP contribution >= 0.6 is 0 Å². The van der Waals surface area contributed by atoms with Crippen LogP contribution in [0.4, 0.5) is 4.79 Å².